The number of benzene rings is 8. The molecule has 0 heterocycles. The van der Waals surface area contributed by atoms with Gasteiger partial charge in [0, 0.05) is 8.95 Å². The van der Waals surface area contributed by atoms with Crippen LogP contribution in [-0.2, 0) is 10.8 Å². The maximum Gasteiger partial charge on any atom is 0.0714 e. The quantitative estimate of drug-likeness (QED) is 0.162. The first-order valence-corrected chi connectivity index (χ1v) is 21.0. The van der Waals surface area contributed by atoms with E-state index in [1.165, 1.54) is 100 Å². The van der Waals surface area contributed by atoms with Crippen molar-refractivity contribution in [2.45, 2.75) is 38.5 Å². The molecule has 0 aromatic heterocycles. The first kappa shape index (κ1) is 35.2. The predicted molar refractivity (Wildman–Crippen MR) is 241 cm³/mol. The summed E-state index contributed by atoms with van der Waals surface area (Å²) in [5.41, 5.74) is 21.9. The second-order valence-electron chi connectivity index (χ2n) is 15.9. The molecule has 2 aliphatic carbocycles. The first-order chi connectivity index (χ1) is 27.2. The van der Waals surface area contributed by atoms with Crippen molar-refractivity contribution in [3.8, 4) is 33.4 Å². The van der Waals surface area contributed by atoms with Crippen LogP contribution in [0.4, 0.5) is 0 Å². The summed E-state index contributed by atoms with van der Waals surface area (Å²) in [6.45, 7) is 8.69. The Balaban J connectivity index is 1.25. The Morgan fingerprint density at radius 2 is 0.536 bits per heavy atom. The van der Waals surface area contributed by atoms with Crippen LogP contribution >= 0.6 is 31.9 Å². The fourth-order valence-corrected chi connectivity index (χ4v) is 10.5. The molecule has 0 aliphatic heterocycles. The lowest BCUT2D eigenvalue weighted by molar-refractivity contribution is 0.766. The zero-order valence-corrected chi connectivity index (χ0v) is 35.1. The molecule has 0 atom stereocenters. The molecule has 8 aromatic rings. The average Bonchev–Trinajstić information content (AvgIpc) is 3.65. The average molecular weight is 849 g/mol. The number of fused-ring (bicyclic) bond motifs is 6. The van der Waals surface area contributed by atoms with Crippen LogP contribution in [0.1, 0.15) is 66.8 Å². The highest BCUT2D eigenvalue weighted by Gasteiger charge is 2.48. The van der Waals surface area contributed by atoms with Gasteiger partial charge in [0.2, 0.25) is 0 Å². The summed E-state index contributed by atoms with van der Waals surface area (Å²) in [5.74, 6) is 0. The maximum atomic E-state index is 3.88. The molecule has 8 aromatic carbocycles. The Bertz CT molecular complexity index is 2540. The van der Waals surface area contributed by atoms with Crippen LogP contribution in [0.3, 0.4) is 0 Å². The number of hydrogen-bond acceptors (Lipinski definition) is 0. The molecule has 0 unspecified atom stereocenters. The standard InChI is InChI=1S/C54H40Br2/c1-33-5-15-39(16-6-33)53(40-17-7-34(2)8-18-40)49-29-37(13-25-45(49)47-27-23-43(55)31-51(47)53)38-14-26-46-48-28-24-44(56)32-52(48)54(50(46)30-38,41-19-9-35(3)10-20-41)42-21-11-36(4)12-22-42/h5-32H,1-4H3. The van der Waals surface area contributed by atoms with Gasteiger partial charge < -0.3 is 0 Å². The van der Waals surface area contributed by atoms with E-state index in [1.807, 2.05) is 0 Å². The smallest absolute Gasteiger partial charge is 0.0590 e. The molecule has 0 N–H and O–H groups in total. The number of aryl methyl sites for hydroxylation is 4. The summed E-state index contributed by atoms with van der Waals surface area (Å²) in [4.78, 5) is 0. The summed E-state index contributed by atoms with van der Waals surface area (Å²) < 4.78 is 2.17. The van der Waals surface area contributed by atoms with E-state index in [2.05, 4.69) is 229 Å². The summed E-state index contributed by atoms with van der Waals surface area (Å²) in [6.07, 6.45) is 0. The zero-order valence-electron chi connectivity index (χ0n) is 31.9. The van der Waals surface area contributed by atoms with Crippen LogP contribution in [0.15, 0.2) is 179 Å². The number of halogens is 2. The van der Waals surface area contributed by atoms with Crippen molar-refractivity contribution in [1.82, 2.24) is 0 Å². The summed E-state index contributed by atoms with van der Waals surface area (Å²) in [5, 5.41) is 0. The third-order valence-electron chi connectivity index (χ3n) is 12.5. The lowest BCUT2D eigenvalue weighted by Crippen LogP contribution is -2.29. The van der Waals surface area contributed by atoms with Gasteiger partial charge in [-0.2, -0.15) is 0 Å². The third kappa shape index (κ3) is 5.15. The van der Waals surface area contributed by atoms with E-state index in [1.54, 1.807) is 0 Å². The van der Waals surface area contributed by atoms with E-state index < -0.39 is 10.8 Å². The zero-order chi connectivity index (χ0) is 38.3. The van der Waals surface area contributed by atoms with E-state index in [0.717, 1.165) is 8.95 Å². The van der Waals surface area contributed by atoms with Crippen molar-refractivity contribution < 1.29 is 0 Å². The highest BCUT2D eigenvalue weighted by atomic mass is 79.9. The Morgan fingerprint density at radius 3 is 0.821 bits per heavy atom. The SMILES string of the molecule is Cc1ccc(C2(c3ccc(C)cc3)c3cc(Br)ccc3-c3ccc(-c4ccc5c(c4)C(c4ccc(C)cc4)(c4ccc(C)cc4)c4cc(Br)ccc4-5)cc32)cc1. The normalized spacial score (nSPS) is 14.2. The van der Waals surface area contributed by atoms with Gasteiger partial charge in [-0.1, -0.05) is 188 Å². The second-order valence-corrected chi connectivity index (χ2v) is 17.7. The molecule has 0 nitrogen and oxygen atoms in total. The summed E-state index contributed by atoms with van der Waals surface area (Å²) in [6, 6.07) is 64.8. The van der Waals surface area contributed by atoms with Gasteiger partial charge in [0.15, 0.2) is 0 Å². The molecule has 0 radical (unpaired) electrons. The Morgan fingerprint density at radius 1 is 0.286 bits per heavy atom. The van der Waals surface area contributed by atoms with Gasteiger partial charge in [-0.15, -0.1) is 0 Å². The van der Waals surface area contributed by atoms with Gasteiger partial charge >= 0.3 is 0 Å². The predicted octanol–water partition coefficient (Wildman–Crippen LogP) is 14.8. The van der Waals surface area contributed by atoms with Crippen molar-refractivity contribution in [1.29, 1.82) is 0 Å². The maximum absolute atomic E-state index is 3.88. The van der Waals surface area contributed by atoms with Crippen molar-refractivity contribution in [3.05, 3.63) is 246 Å². The molecule has 2 aliphatic rings. The topological polar surface area (TPSA) is 0 Å². The van der Waals surface area contributed by atoms with Gasteiger partial charge in [0.25, 0.3) is 0 Å². The van der Waals surface area contributed by atoms with E-state index in [9.17, 15) is 0 Å². The minimum absolute atomic E-state index is 0.501. The minimum Gasteiger partial charge on any atom is -0.0590 e. The highest BCUT2D eigenvalue weighted by Crippen LogP contribution is 2.59. The molecular formula is C54H40Br2. The minimum atomic E-state index is -0.501. The van der Waals surface area contributed by atoms with Crippen LogP contribution in [0.25, 0.3) is 33.4 Å². The van der Waals surface area contributed by atoms with Crippen LogP contribution in [0.2, 0.25) is 0 Å². The fraction of sp³-hybridized carbons (Fsp3) is 0.111. The Labute approximate surface area is 347 Å². The van der Waals surface area contributed by atoms with Crippen molar-refractivity contribution in [2.75, 3.05) is 0 Å². The van der Waals surface area contributed by atoms with Gasteiger partial charge in [0.1, 0.15) is 0 Å². The first-order valence-electron chi connectivity index (χ1n) is 19.4. The number of hydrogen-bond donors (Lipinski definition) is 0. The molecule has 10 rings (SSSR count). The summed E-state index contributed by atoms with van der Waals surface area (Å²) >= 11 is 7.76. The molecule has 0 fully saturated rings. The van der Waals surface area contributed by atoms with Gasteiger partial charge in [-0.05, 0) is 142 Å². The summed E-state index contributed by atoms with van der Waals surface area (Å²) in [7, 11) is 0. The second kappa shape index (κ2) is 13.2. The molecule has 0 spiro atoms. The highest BCUT2D eigenvalue weighted by molar-refractivity contribution is 9.10. The monoisotopic (exact) mass is 846 g/mol. The molecule has 0 saturated heterocycles. The molecule has 0 amide bonds. The van der Waals surface area contributed by atoms with Gasteiger partial charge in [0.05, 0.1) is 10.8 Å². The van der Waals surface area contributed by atoms with E-state index in [4.69, 9.17) is 0 Å². The molecule has 2 heteroatoms. The molecule has 270 valence electrons. The van der Waals surface area contributed by atoms with Crippen molar-refractivity contribution in [3.63, 3.8) is 0 Å². The van der Waals surface area contributed by atoms with Crippen molar-refractivity contribution in [2.24, 2.45) is 0 Å². The molecule has 56 heavy (non-hydrogen) atoms. The van der Waals surface area contributed by atoms with Gasteiger partial charge in [-0.25, -0.2) is 0 Å². The number of rotatable bonds is 5. The van der Waals surface area contributed by atoms with Crippen LogP contribution in [0, 0.1) is 27.7 Å². The molecular weight excluding hydrogens is 808 g/mol. The Hall–Kier alpha value is -5.28. The van der Waals surface area contributed by atoms with Crippen LogP contribution in [0.5, 0.6) is 0 Å². The van der Waals surface area contributed by atoms with E-state index >= 15 is 0 Å². The fourth-order valence-electron chi connectivity index (χ4n) is 9.74. The van der Waals surface area contributed by atoms with Gasteiger partial charge in [-0.3, -0.25) is 0 Å². The lowest BCUT2D eigenvalue weighted by Gasteiger charge is -2.35. The van der Waals surface area contributed by atoms with Crippen LogP contribution in [-0.4, -0.2) is 0 Å². The molecule has 0 saturated carbocycles. The van der Waals surface area contributed by atoms with E-state index in [0.29, 0.717) is 0 Å². The van der Waals surface area contributed by atoms with E-state index in [-0.39, 0.29) is 0 Å². The van der Waals surface area contributed by atoms with Crippen LogP contribution < -0.4 is 0 Å². The third-order valence-corrected chi connectivity index (χ3v) is 13.5. The van der Waals surface area contributed by atoms with Crippen molar-refractivity contribution >= 4 is 31.9 Å². The largest absolute Gasteiger partial charge is 0.0714 e. The molecule has 0 bridgehead atoms. The Kier molecular flexibility index (Phi) is 8.26. The lowest BCUT2D eigenvalue weighted by atomic mass is 9.66.